The molecule has 1 amide bonds. The van der Waals surface area contributed by atoms with Crippen molar-refractivity contribution in [3.63, 3.8) is 0 Å². The number of amides is 1. The van der Waals surface area contributed by atoms with Crippen molar-refractivity contribution in [2.45, 2.75) is 13.3 Å². The van der Waals surface area contributed by atoms with Crippen molar-refractivity contribution >= 4 is 22.8 Å². The number of aromatic nitrogens is 2. The van der Waals surface area contributed by atoms with Gasteiger partial charge in [-0.05, 0) is 24.1 Å². The lowest BCUT2D eigenvalue weighted by molar-refractivity contribution is 0.0300. The number of rotatable bonds is 2. The van der Waals surface area contributed by atoms with Crippen LogP contribution in [0.3, 0.4) is 0 Å². The number of fused-ring (bicyclic) bond motifs is 1. The first-order chi connectivity index (χ1) is 10.2. The Bertz CT molecular complexity index is 681. The van der Waals surface area contributed by atoms with Crippen LogP contribution in [0.5, 0.6) is 0 Å². The third-order valence-corrected chi connectivity index (χ3v) is 3.69. The smallest absolute Gasteiger partial charge is 0.273 e. The van der Waals surface area contributed by atoms with Gasteiger partial charge >= 0.3 is 0 Å². The van der Waals surface area contributed by atoms with Gasteiger partial charge in [-0.1, -0.05) is 13.0 Å². The summed E-state index contributed by atoms with van der Waals surface area (Å²) in [6.07, 6.45) is 0.894. The average Bonchev–Trinajstić information content (AvgIpc) is 2.53. The largest absolute Gasteiger partial charge is 0.378 e. The fourth-order valence-electron chi connectivity index (χ4n) is 2.49. The summed E-state index contributed by atoms with van der Waals surface area (Å²) >= 11 is 0. The van der Waals surface area contributed by atoms with Gasteiger partial charge in [-0.2, -0.15) is 0 Å². The molecule has 0 aliphatic carbocycles. The average molecular weight is 286 g/mol. The van der Waals surface area contributed by atoms with Crippen LogP contribution in [-0.4, -0.2) is 47.1 Å². The summed E-state index contributed by atoms with van der Waals surface area (Å²) in [5.74, 6) is 0.0222. The first kappa shape index (κ1) is 13.8. The Kier molecular flexibility index (Phi) is 3.70. The van der Waals surface area contributed by atoms with Gasteiger partial charge in [0.05, 0.1) is 18.7 Å². The van der Waals surface area contributed by atoms with Crippen molar-refractivity contribution in [1.29, 1.82) is 0 Å². The Balaban J connectivity index is 2.08. The molecule has 0 radical (unpaired) electrons. The number of aryl methyl sites for hydroxylation is 1. The number of nitrogens with zero attached hydrogens (tertiary/aromatic N) is 3. The van der Waals surface area contributed by atoms with E-state index in [0.29, 0.717) is 37.5 Å². The molecule has 1 aromatic heterocycles. The van der Waals surface area contributed by atoms with E-state index >= 15 is 0 Å². The third-order valence-electron chi connectivity index (χ3n) is 3.69. The number of carbonyl (C=O) groups is 1. The molecule has 1 aliphatic heterocycles. The van der Waals surface area contributed by atoms with Gasteiger partial charge in [-0.25, -0.2) is 9.97 Å². The van der Waals surface area contributed by atoms with E-state index in [1.165, 1.54) is 0 Å². The molecule has 0 atom stereocenters. The van der Waals surface area contributed by atoms with E-state index < -0.39 is 0 Å². The molecule has 6 heteroatoms. The summed E-state index contributed by atoms with van der Waals surface area (Å²) in [6.45, 7) is 4.35. The predicted molar refractivity (Wildman–Crippen MR) is 80.1 cm³/mol. The van der Waals surface area contributed by atoms with Gasteiger partial charge in [0.15, 0.2) is 0 Å². The normalized spacial score (nSPS) is 15.4. The summed E-state index contributed by atoms with van der Waals surface area (Å²) in [4.78, 5) is 22.8. The zero-order chi connectivity index (χ0) is 14.8. The molecule has 2 aromatic rings. The first-order valence-electron chi connectivity index (χ1n) is 7.12. The van der Waals surface area contributed by atoms with Crippen LogP contribution in [0.15, 0.2) is 18.2 Å². The minimum Gasteiger partial charge on any atom is -0.378 e. The molecule has 0 spiro atoms. The quantitative estimate of drug-likeness (QED) is 0.898. The van der Waals surface area contributed by atoms with E-state index in [1.54, 1.807) is 4.90 Å². The molecule has 1 saturated heterocycles. The van der Waals surface area contributed by atoms with Gasteiger partial charge in [-0.3, -0.25) is 4.79 Å². The maximum Gasteiger partial charge on any atom is 0.273 e. The fraction of sp³-hybridized carbons (Fsp3) is 0.400. The number of benzene rings is 1. The molecule has 2 N–H and O–H groups in total. The highest BCUT2D eigenvalue weighted by molar-refractivity contribution is 6.04. The van der Waals surface area contributed by atoms with Crippen molar-refractivity contribution in [3.8, 4) is 0 Å². The van der Waals surface area contributed by atoms with Crippen LogP contribution < -0.4 is 5.73 Å². The van der Waals surface area contributed by atoms with Crippen LogP contribution in [0, 0.1) is 0 Å². The van der Waals surface area contributed by atoms with Gasteiger partial charge in [-0.15, -0.1) is 0 Å². The third kappa shape index (κ3) is 2.67. The van der Waals surface area contributed by atoms with E-state index in [4.69, 9.17) is 10.5 Å². The highest BCUT2D eigenvalue weighted by Gasteiger charge is 2.22. The van der Waals surface area contributed by atoms with Crippen LogP contribution >= 0.6 is 0 Å². The molecule has 0 saturated carbocycles. The molecule has 2 heterocycles. The first-order valence-corrected chi connectivity index (χ1v) is 7.12. The molecular weight excluding hydrogens is 268 g/mol. The molecule has 1 aromatic carbocycles. The molecule has 1 aliphatic rings. The number of hydrogen-bond donors (Lipinski definition) is 1. The summed E-state index contributed by atoms with van der Waals surface area (Å²) in [6, 6.07) is 5.86. The van der Waals surface area contributed by atoms with Gasteiger partial charge in [0.1, 0.15) is 5.69 Å². The molecule has 6 nitrogen and oxygen atoms in total. The topological polar surface area (TPSA) is 81.3 Å². The summed E-state index contributed by atoms with van der Waals surface area (Å²) in [5.41, 5.74) is 7.98. The molecule has 110 valence electrons. The lowest BCUT2D eigenvalue weighted by atomic mass is 10.1. The predicted octanol–water partition coefficient (Wildman–Crippen LogP) is 1.25. The lowest BCUT2D eigenvalue weighted by Gasteiger charge is -2.26. The van der Waals surface area contributed by atoms with Gasteiger partial charge in [0.25, 0.3) is 5.91 Å². The second-order valence-electron chi connectivity index (χ2n) is 5.04. The van der Waals surface area contributed by atoms with Crippen molar-refractivity contribution in [3.05, 3.63) is 29.5 Å². The van der Waals surface area contributed by atoms with E-state index in [-0.39, 0.29) is 11.9 Å². The number of hydrogen-bond acceptors (Lipinski definition) is 5. The second-order valence-corrected chi connectivity index (χ2v) is 5.04. The minimum atomic E-state index is -0.106. The van der Waals surface area contributed by atoms with E-state index in [0.717, 1.165) is 17.4 Å². The van der Waals surface area contributed by atoms with Crippen molar-refractivity contribution in [2.75, 3.05) is 32.0 Å². The molecule has 0 unspecified atom stereocenters. The van der Waals surface area contributed by atoms with Crippen LogP contribution in [0.25, 0.3) is 10.9 Å². The van der Waals surface area contributed by atoms with Crippen LogP contribution in [0.1, 0.15) is 23.0 Å². The Labute approximate surface area is 122 Å². The molecule has 0 bridgehead atoms. The summed E-state index contributed by atoms with van der Waals surface area (Å²) in [7, 11) is 0. The fourth-order valence-corrected chi connectivity index (χ4v) is 2.49. The van der Waals surface area contributed by atoms with Crippen molar-refractivity contribution in [2.24, 2.45) is 0 Å². The van der Waals surface area contributed by atoms with Gasteiger partial charge < -0.3 is 15.4 Å². The lowest BCUT2D eigenvalue weighted by Crippen LogP contribution is -2.41. The van der Waals surface area contributed by atoms with Crippen molar-refractivity contribution in [1.82, 2.24) is 14.9 Å². The van der Waals surface area contributed by atoms with E-state index in [1.807, 2.05) is 18.2 Å². The Morgan fingerprint density at radius 1 is 1.33 bits per heavy atom. The number of anilines is 1. The number of ether oxygens (including phenoxy) is 1. The SMILES string of the molecule is CCc1ccc2nc(N)nc(C(=O)N3CCOCC3)c2c1. The Morgan fingerprint density at radius 3 is 2.81 bits per heavy atom. The number of morpholine rings is 1. The highest BCUT2D eigenvalue weighted by atomic mass is 16.5. The van der Waals surface area contributed by atoms with E-state index in [2.05, 4.69) is 16.9 Å². The number of nitrogen functional groups attached to an aromatic ring is 1. The molecule has 21 heavy (non-hydrogen) atoms. The molecular formula is C15H18N4O2. The number of carbonyl (C=O) groups excluding carboxylic acids is 1. The monoisotopic (exact) mass is 286 g/mol. The Morgan fingerprint density at radius 2 is 2.10 bits per heavy atom. The zero-order valence-electron chi connectivity index (χ0n) is 12.0. The number of nitrogens with two attached hydrogens (primary N) is 1. The summed E-state index contributed by atoms with van der Waals surface area (Å²) < 4.78 is 5.28. The Hall–Kier alpha value is -2.21. The van der Waals surface area contributed by atoms with Gasteiger partial charge in [0, 0.05) is 18.5 Å². The van der Waals surface area contributed by atoms with Crippen LogP contribution in [-0.2, 0) is 11.2 Å². The van der Waals surface area contributed by atoms with Crippen LogP contribution in [0.4, 0.5) is 5.95 Å². The van der Waals surface area contributed by atoms with Crippen molar-refractivity contribution < 1.29 is 9.53 Å². The summed E-state index contributed by atoms with van der Waals surface area (Å²) in [5, 5.41) is 0.764. The van der Waals surface area contributed by atoms with Crippen LogP contribution in [0.2, 0.25) is 0 Å². The second kappa shape index (κ2) is 5.65. The molecule has 1 fully saturated rings. The molecule has 3 rings (SSSR count). The minimum absolute atomic E-state index is 0.106. The maximum atomic E-state index is 12.7. The van der Waals surface area contributed by atoms with Gasteiger partial charge in [0.2, 0.25) is 5.95 Å². The zero-order valence-corrected chi connectivity index (χ0v) is 12.0. The standard InChI is InChI=1S/C15H18N4O2/c1-2-10-3-4-12-11(9-10)13(18-15(16)17-12)14(20)19-5-7-21-8-6-19/h3-4,9H,2,5-8H2,1H3,(H2,16,17,18). The van der Waals surface area contributed by atoms with E-state index in [9.17, 15) is 4.79 Å². The highest BCUT2D eigenvalue weighted by Crippen LogP contribution is 2.21. The maximum absolute atomic E-state index is 12.7.